The topological polar surface area (TPSA) is 38.3 Å². The van der Waals surface area contributed by atoms with E-state index in [0.29, 0.717) is 6.10 Å². The Balaban J connectivity index is 1.89. The highest BCUT2D eigenvalue weighted by Crippen LogP contribution is 2.38. The summed E-state index contributed by atoms with van der Waals surface area (Å²) in [5, 5.41) is 0.236. The van der Waals surface area contributed by atoms with Gasteiger partial charge >= 0.3 is 6.03 Å². The number of hydrogen-bond donors (Lipinski definition) is 0. The van der Waals surface area contributed by atoms with Crippen molar-refractivity contribution in [3.63, 3.8) is 0 Å². The van der Waals surface area contributed by atoms with Gasteiger partial charge in [-0.1, -0.05) is 20.8 Å². The fourth-order valence-electron chi connectivity index (χ4n) is 2.49. The Morgan fingerprint density at radius 3 is 2.32 bits per heavy atom. The van der Waals surface area contributed by atoms with Gasteiger partial charge in [-0.2, -0.15) is 4.57 Å². The second-order valence-corrected chi connectivity index (χ2v) is 12.6. The molecule has 0 bridgehead atoms. The minimum absolute atomic E-state index is 0.0615. The molecule has 124 valence electrons. The summed E-state index contributed by atoms with van der Waals surface area (Å²) in [6.07, 6.45) is 7.66. The third-order valence-corrected chi connectivity index (χ3v) is 9.50. The molecule has 0 spiro atoms. The lowest BCUT2D eigenvalue weighted by molar-refractivity contribution is -0.670. The number of rotatable bonds is 2. The van der Waals surface area contributed by atoms with E-state index < -0.39 is 8.32 Å². The van der Waals surface area contributed by atoms with E-state index in [1.807, 2.05) is 22.7 Å². The zero-order valence-electron chi connectivity index (χ0n) is 14.8. The molecule has 6 heteroatoms. The zero-order valence-corrected chi connectivity index (χ0v) is 15.8. The van der Waals surface area contributed by atoms with E-state index in [0.717, 1.165) is 25.9 Å². The molecule has 0 atom stereocenters. The summed E-state index contributed by atoms with van der Waals surface area (Å²) in [6.45, 7) is 13.0. The van der Waals surface area contributed by atoms with Gasteiger partial charge in [0.05, 0.1) is 7.05 Å². The third-order valence-electron chi connectivity index (χ3n) is 4.97. The van der Waals surface area contributed by atoms with Crippen molar-refractivity contribution in [2.75, 3.05) is 13.1 Å². The van der Waals surface area contributed by atoms with E-state index in [1.54, 1.807) is 17.1 Å². The normalized spacial score (nSPS) is 17.8. The molecule has 1 aliphatic rings. The average Bonchev–Trinajstić information content (AvgIpc) is 2.84. The van der Waals surface area contributed by atoms with Crippen LogP contribution in [0.5, 0.6) is 0 Å². The van der Waals surface area contributed by atoms with Gasteiger partial charge < -0.3 is 9.33 Å². The van der Waals surface area contributed by atoms with E-state index in [4.69, 9.17) is 4.43 Å². The van der Waals surface area contributed by atoms with Gasteiger partial charge in [-0.15, -0.1) is 0 Å². The van der Waals surface area contributed by atoms with Crippen molar-refractivity contribution in [2.45, 2.75) is 57.8 Å². The Kier molecular flexibility index (Phi) is 4.82. The summed E-state index contributed by atoms with van der Waals surface area (Å²) < 4.78 is 10.00. The molecule has 0 saturated carbocycles. The van der Waals surface area contributed by atoms with Gasteiger partial charge in [-0.25, -0.2) is 9.36 Å². The first kappa shape index (κ1) is 17.2. The SMILES string of the molecule is C[n+]1ccn(C(=O)N2CCC(O[Si](C)(C)C(C)(C)C)CC2)c1. The maximum atomic E-state index is 12.4. The maximum absolute atomic E-state index is 12.4. The predicted octanol–water partition coefficient (Wildman–Crippen LogP) is 2.77. The number of aromatic nitrogens is 2. The Morgan fingerprint density at radius 2 is 1.86 bits per heavy atom. The molecule has 0 aromatic carbocycles. The molecule has 1 amide bonds. The molecule has 1 aromatic rings. The summed E-state index contributed by atoms with van der Waals surface area (Å²) in [7, 11) is 0.206. The molecular weight excluding hydrogens is 294 g/mol. The van der Waals surface area contributed by atoms with Crippen LogP contribution in [0.15, 0.2) is 18.7 Å². The summed E-state index contributed by atoms with van der Waals surface area (Å²) in [5.41, 5.74) is 0. The van der Waals surface area contributed by atoms with Crippen molar-refractivity contribution >= 4 is 14.3 Å². The van der Waals surface area contributed by atoms with Crippen LogP contribution in [0, 0.1) is 0 Å². The molecular formula is C16H30N3O2Si+. The zero-order chi connectivity index (χ0) is 16.5. The van der Waals surface area contributed by atoms with Gasteiger partial charge in [0.15, 0.2) is 8.32 Å². The second-order valence-electron chi connectivity index (χ2n) is 7.83. The Labute approximate surface area is 135 Å². The van der Waals surface area contributed by atoms with Crippen molar-refractivity contribution in [3.05, 3.63) is 18.7 Å². The van der Waals surface area contributed by atoms with E-state index >= 15 is 0 Å². The first-order valence-electron chi connectivity index (χ1n) is 8.10. The monoisotopic (exact) mass is 324 g/mol. The van der Waals surface area contributed by atoms with Crippen molar-refractivity contribution in [1.82, 2.24) is 9.47 Å². The third kappa shape index (κ3) is 3.79. The lowest BCUT2D eigenvalue weighted by Gasteiger charge is -2.41. The fraction of sp³-hybridized carbons (Fsp3) is 0.750. The van der Waals surface area contributed by atoms with Crippen LogP contribution in [0.4, 0.5) is 4.79 Å². The number of imidazole rings is 1. The molecule has 2 rings (SSSR count). The van der Waals surface area contributed by atoms with Gasteiger partial charge in [0.25, 0.3) is 6.33 Å². The largest absolute Gasteiger partial charge is 0.415 e. The van der Waals surface area contributed by atoms with Crippen LogP contribution in [0.3, 0.4) is 0 Å². The minimum atomic E-state index is -1.71. The number of amides is 1. The lowest BCUT2D eigenvalue weighted by atomic mass is 10.1. The number of hydrogen-bond acceptors (Lipinski definition) is 2. The maximum Gasteiger partial charge on any atom is 0.415 e. The Morgan fingerprint density at radius 1 is 1.27 bits per heavy atom. The molecule has 1 aliphatic heterocycles. The average molecular weight is 325 g/mol. The van der Waals surface area contributed by atoms with Crippen LogP contribution in [-0.2, 0) is 11.5 Å². The first-order valence-corrected chi connectivity index (χ1v) is 11.0. The van der Waals surface area contributed by atoms with Gasteiger partial charge in [-0.3, -0.25) is 0 Å². The van der Waals surface area contributed by atoms with Gasteiger partial charge in [0, 0.05) is 19.2 Å². The highest BCUT2D eigenvalue weighted by molar-refractivity contribution is 6.74. The van der Waals surface area contributed by atoms with Crippen LogP contribution >= 0.6 is 0 Å². The van der Waals surface area contributed by atoms with Crippen molar-refractivity contribution in [2.24, 2.45) is 7.05 Å². The molecule has 1 fully saturated rings. The lowest BCUT2D eigenvalue weighted by Crippen LogP contribution is -2.48. The number of aryl methyl sites for hydroxylation is 1. The Bertz CT molecular complexity index is 526. The minimum Gasteiger partial charge on any atom is -0.414 e. The van der Waals surface area contributed by atoms with Gasteiger partial charge in [0.1, 0.15) is 12.4 Å². The number of carbonyl (C=O) groups excluding carboxylic acids is 1. The highest BCUT2D eigenvalue weighted by atomic mass is 28.4. The van der Waals surface area contributed by atoms with Crippen molar-refractivity contribution in [1.29, 1.82) is 0 Å². The molecule has 22 heavy (non-hydrogen) atoms. The molecule has 1 aromatic heterocycles. The number of carbonyl (C=O) groups is 1. The first-order chi connectivity index (χ1) is 10.1. The molecule has 0 unspecified atom stereocenters. The molecule has 0 N–H and O–H groups in total. The molecule has 0 aliphatic carbocycles. The van der Waals surface area contributed by atoms with E-state index in [2.05, 4.69) is 33.9 Å². The Hall–Kier alpha value is -1.14. The smallest absolute Gasteiger partial charge is 0.414 e. The van der Waals surface area contributed by atoms with Crippen LogP contribution in [0.2, 0.25) is 18.1 Å². The number of likely N-dealkylation sites (tertiary alicyclic amines) is 1. The summed E-state index contributed by atoms with van der Waals surface area (Å²) in [5.74, 6) is 0. The number of piperidine rings is 1. The summed E-state index contributed by atoms with van der Waals surface area (Å²) in [6, 6.07) is 0.0615. The van der Waals surface area contributed by atoms with Crippen LogP contribution < -0.4 is 4.57 Å². The van der Waals surface area contributed by atoms with E-state index in [1.165, 1.54) is 0 Å². The van der Waals surface area contributed by atoms with Crippen molar-refractivity contribution in [3.8, 4) is 0 Å². The quantitative estimate of drug-likeness (QED) is 0.620. The predicted molar refractivity (Wildman–Crippen MR) is 89.3 cm³/mol. The second kappa shape index (κ2) is 6.16. The van der Waals surface area contributed by atoms with Crippen molar-refractivity contribution < 1.29 is 13.8 Å². The number of nitrogens with zero attached hydrogens (tertiary/aromatic N) is 3. The summed E-state index contributed by atoms with van der Waals surface area (Å²) in [4.78, 5) is 14.3. The van der Waals surface area contributed by atoms with Crippen LogP contribution in [-0.4, -0.2) is 43.0 Å². The van der Waals surface area contributed by atoms with Gasteiger partial charge in [-0.05, 0) is 31.0 Å². The van der Waals surface area contributed by atoms with E-state index in [-0.39, 0.29) is 11.1 Å². The molecule has 1 saturated heterocycles. The standard InChI is InChI=1S/C16H30N3O2Si/c1-16(2,3)22(5,6)21-14-7-9-18(10-8-14)15(20)19-12-11-17(4)13-19/h11-14H,7-10H2,1-6H3/q+1. The molecule has 5 nitrogen and oxygen atoms in total. The van der Waals surface area contributed by atoms with Gasteiger partial charge in [0.2, 0.25) is 0 Å². The highest BCUT2D eigenvalue weighted by Gasteiger charge is 2.40. The van der Waals surface area contributed by atoms with Crippen LogP contribution in [0.1, 0.15) is 33.6 Å². The van der Waals surface area contributed by atoms with E-state index in [9.17, 15) is 4.79 Å². The van der Waals surface area contributed by atoms with Crippen LogP contribution in [0.25, 0.3) is 0 Å². The summed E-state index contributed by atoms with van der Waals surface area (Å²) >= 11 is 0. The molecule has 2 heterocycles. The fourth-order valence-corrected chi connectivity index (χ4v) is 3.91. The molecule has 0 radical (unpaired) electrons.